The first-order valence-electron chi connectivity index (χ1n) is 14.4. The topological polar surface area (TPSA) is 113 Å². The number of anilines is 1. The summed E-state index contributed by atoms with van der Waals surface area (Å²) < 4.78 is 11.0. The lowest BCUT2D eigenvalue weighted by atomic mass is 9.78. The van der Waals surface area contributed by atoms with Crippen LogP contribution in [0, 0.1) is 11.8 Å². The molecule has 1 saturated carbocycles. The van der Waals surface area contributed by atoms with Crippen molar-refractivity contribution in [1.29, 1.82) is 0 Å². The standard InChI is InChI=1S/C30H40ClN5O5S/c1-20-5-7-21(8-6-20)27(34-29(39)41-30(2,3)4)24(19-38)33-28-32-15-26(42-28)25(17-35-11-13-40-14-12-35)36-16-22(31)9-10-23(36)18-37/h9-10,15-16,20-21,25,27H,5-8,11-14,17H2,1-4H3,(H,32,33)(H,34,39)/t20?,21?,25-,27+/m1/s1. The van der Waals surface area contributed by atoms with E-state index in [-0.39, 0.29) is 17.7 Å². The van der Waals surface area contributed by atoms with Gasteiger partial charge in [0.1, 0.15) is 22.9 Å². The summed E-state index contributed by atoms with van der Waals surface area (Å²) in [6.07, 6.45) is 9.96. The number of nitrogens with one attached hydrogen (secondary N) is 2. The van der Waals surface area contributed by atoms with Gasteiger partial charge in [-0.3, -0.25) is 4.90 Å². The second kappa shape index (κ2) is 14.5. The maximum absolute atomic E-state index is 12.8. The first kappa shape index (κ1) is 32.0. The molecule has 1 aliphatic carbocycles. The monoisotopic (exact) mass is 617 g/mol. The van der Waals surface area contributed by atoms with E-state index in [2.05, 4.69) is 27.4 Å². The van der Waals surface area contributed by atoms with E-state index in [9.17, 15) is 14.4 Å². The van der Waals surface area contributed by atoms with Crippen LogP contribution in [0.2, 0.25) is 0 Å². The summed E-state index contributed by atoms with van der Waals surface area (Å²) in [6.45, 7) is 11.0. The van der Waals surface area contributed by atoms with Crippen LogP contribution in [-0.4, -0.2) is 77.3 Å². The molecule has 2 fully saturated rings. The molecule has 0 radical (unpaired) electrons. The van der Waals surface area contributed by atoms with Gasteiger partial charge >= 0.3 is 6.09 Å². The van der Waals surface area contributed by atoms with E-state index < -0.39 is 17.7 Å². The predicted octanol–water partition coefficient (Wildman–Crippen LogP) is 5.03. The molecule has 1 saturated heterocycles. The van der Waals surface area contributed by atoms with Gasteiger partial charge in [0, 0.05) is 32.0 Å². The molecule has 1 aromatic heterocycles. The van der Waals surface area contributed by atoms with Crippen LogP contribution in [0.1, 0.15) is 64.3 Å². The van der Waals surface area contributed by atoms with Gasteiger partial charge < -0.3 is 25.0 Å². The van der Waals surface area contributed by atoms with Gasteiger partial charge in [-0.15, -0.1) is 0 Å². The molecule has 228 valence electrons. The van der Waals surface area contributed by atoms with Crippen molar-refractivity contribution in [2.75, 3.05) is 38.2 Å². The molecular formula is C30H40ClN5O5S. The smallest absolute Gasteiger partial charge is 0.408 e. The number of carbonyl (C=O) groups is 1. The average molecular weight is 618 g/mol. The van der Waals surface area contributed by atoms with E-state index in [0.29, 0.717) is 41.5 Å². The Bertz CT molecular complexity index is 1260. The molecule has 0 spiro atoms. The molecule has 3 heterocycles. The van der Waals surface area contributed by atoms with Crippen molar-refractivity contribution in [3.05, 3.63) is 45.9 Å². The third-order valence-electron chi connectivity index (χ3n) is 7.63. The fourth-order valence-electron chi connectivity index (χ4n) is 5.44. The Hall–Kier alpha value is -2.91. The van der Waals surface area contributed by atoms with Gasteiger partial charge in [0.15, 0.2) is 11.1 Å². The number of allylic oxidation sites excluding steroid dienone is 3. The van der Waals surface area contributed by atoms with Gasteiger partial charge in [-0.25, -0.2) is 19.4 Å². The molecule has 0 bridgehead atoms. The van der Waals surface area contributed by atoms with Gasteiger partial charge in [0.05, 0.1) is 35.2 Å². The summed E-state index contributed by atoms with van der Waals surface area (Å²) in [5.74, 6) is 4.72. The minimum absolute atomic E-state index is 0.0545. The van der Waals surface area contributed by atoms with E-state index in [4.69, 9.17) is 21.1 Å². The number of hydrogen-bond acceptors (Lipinski definition) is 10. The third-order valence-corrected chi connectivity index (χ3v) is 8.87. The molecule has 2 N–H and O–H groups in total. The van der Waals surface area contributed by atoms with Crippen LogP contribution in [0.4, 0.5) is 9.93 Å². The second-order valence-electron chi connectivity index (χ2n) is 12.0. The zero-order chi connectivity index (χ0) is 30.3. The molecule has 3 aliphatic rings. The Labute approximate surface area is 256 Å². The number of alkyl carbamates (subject to hydrolysis) is 1. The molecule has 2 atom stereocenters. The van der Waals surface area contributed by atoms with E-state index in [0.717, 1.165) is 43.6 Å². The van der Waals surface area contributed by atoms with Crippen LogP contribution in [0.3, 0.4) is 0 Å². The van der Waals surface area contributed by atoms with E-state index >= 15 is 0 Å². The van der Waals surface area contributed by atoms with Gasteiger partial charge in [0.2, 0.25) is 0 Å². The van der Waals surface area contributed by atoms with Crippen molar-refractivity contribution in [3.8, 4) is 0 Å². The van der Waals surface area contributed by atoms with Crippen LogP contribution in [0.5, 0.6) is 0 Å². The molecule has 1 amide bonds. The largest absolute Gasteiger partial charge is 0.444 e. The lowest BCUT2D eigenvalue weighted by molar-refractivity contribution is 0.0290. The number of carbonyl (C=O) groups excluding carboxylic acids is 3. The quantitative estimate of drug-likeness (QED) is 0.368. The predicted molar refractivity (Wildman–Crippen MR) is 163 cm³/mol. The van der Waals surface area contributed by atoms with Crippen LogP contribution in [0.25, 0.3) is 0 Å². The Morgan fingerprint density at radius 1 is 1.21 bits per heavy atom. The number of morpholine rings is 1. The molecule has 4 rings (SSSR count). The summed E-state index contributed by atoms with van der Waals surface area (Å²) in [4.78, 5) is 46.5. The summed E-state index contributed by atoms with van der Waals surface area (Å²) in [7, 11) is 0. The summed E-state index contributed by atoms with van der Waals surface area (Å²) in [5.41, 5.74) is -0.102. The highest BCUT2D eigenvalue weighted by Crippen LogP contribution is 2.36. The van der Waals surface area contributed by atoms with E-state index in [1.165, 1.54) is 11.3 Å². The average Bonchev–Trinajstić information content (AvgIpc) is 3.42. The zero-order valence-electron chi connectivity index (χ0n) is 24.7. The molecule has 2 aliphatic heterocycles. The van der Waals surface area contributed by atoms with Crippen LogP contribution < -0.4 is 10.6 Å². The van der Waals surface area contributed by atoms with Gasteiger partial charge in [-0.2, -0.15) is 0 Å². The maximum atomic E-state index is 12.8. The number of amides is 1. The first-order chi connectivity index (χ1) is 20.1. The lowest BCUT2D eigenvalue weighted by Crippen LogP contribution is -2.46. The number of ether oxygens (including phenoxy) is 2. The molecule has 12 heteroatoms. The Morgan fingerprint density at radius 3 is 2.57 bits per heavy atom. The highest BCUT2D eigenvalue weighted by atomic mass is 35.5. The van der Waals surface area contributed by atoms with Gasteiger partial charge in [0.25, 0.3) is 0 Å². The van der Waals surface area contributed by atoms with Crippen LogP contribution >= 0.6 is 22.9 Å². The van der Waals surface area contributed by atoms with Gasteiger partial charge in [-0.05, 0) is 57.6 Å². The summed E-state index contributed by atoms with van der Waals surface area (Å²) in [6, 6.07) is -0.884. The Kier molecular flexibility index (Phi) is 11.1. The third kappa shape index (κ3) is 8.80. The van der Waals surface area contributed by atoms with Gasteiger partial charge in [-0.1, -0.05) is 42.7 Å². The molecule has 0 aromatic carbocycles. The molecule has 1 aromatic rings. The number of rotatable bonds is 9. The maximum Gasteiger partial charge on any atom is 0.408 e. The number of nitrogens with zero attached hydrogens (tertiary/aromatic N) is 3. The minimum atomic E-state index is -0.677. The Balaban J connectivity index is 1.58. The Morgan fingerprint density at radius 2 is 1.93 bits per heavy atom. The highest BCUT2D eigenvalue weighted by Gasteiger charge is 2.33. The van der Waals surface area contributed by atoms with E-state index in [1.807, 2.05) is 16.8 Å². The van der Waals surface area contributed by atoms with Crippen LogP contribution in [0.15, 0.2) is 41.0 Å². The molecular weight excluding hydrogens is 578 g/mol. The molecule has 10 nitrogen and oxygen atoms in total. The summed E-state index contributed by atoms with van der Waals surface area (Å²) in [5, 5.41) is 7.07. The van der Waals surface area contributed by atoms with Crippen molar-refractivity contribution in [2.24, 2.45) is 11.8 Å². The van der Waals surface area contributed by atoms with Crippen molar-refractivity contribution in [3.63, 3.8) is 0 Å². The zero-order valence-corrected chi connectivity index (χ0v) is 26.2. The number of hydrogen-bond donors (Lipinski definition) is 2. The van der Waals surface area contributed by atoms with Crippen molar-refractivity contribution >= 4 is 46.0 Å². The number of aromatic nitrogens is 1. The fraction of sp³-hybridized carbons (Fsp3) is 0.600. The van der Waals surface area contributed by atoms with Crippen molar-refractivity contribution in [2.45, 2.75) is 71.1 Å². The molecule has 42 heavy (non-hydrogen) atoms. The second-order valence-corrected chi connectivity index (χ2v) is 13.5. The molecule has 0 unspecified atom stereocenters. The van der Waals surface area contributed by atoms with Crippen LogP contribution in [-0.2, 0) is 19.1 Å². The van der Waals surface area contributed by atoms with Crippen molar-refractivity contribution < 1.29 is 23.9 Å². The minimum Gasteiger partial charge on any atom is -0.444 e. The fourth-order valence-corrected chi connectivity index (χ4v) is 6.53. The first-order valence-corrected chi connectivity index (χ1v) is 15.6. The highest BCUT2D eigenvalue weighted by molar-refractivity contribution is 7.15. The van der Waals surface area contributed by atoms with Crippen molar-refractivity contribution in [1.82, 2.24) is 20.1 Å². The summed E-state index contributed by atoms with van der Waals surface area (Å²) >= 11 is 7.71. The normalized spacial score (nSPS) is 22.8. The SMILES string of the molecule is CC1CCC([C@H](NC(=O)OC(C)(C)C)C(=C=O)Nc2ncc([C@@H](CN3CCOCC3)N3C=C(Cl)C=CC3=C=O)s2)CC1. The lowest BCUT2D eigenvalue weighted by Gasteiger charge is -2.36. The number of halogens is 1. The number of thiazole rings is 1. The van der Waals surface area contributed by atoms with E-state index in [1.54, 1.807) is 45.3 Å².